The standard InChI is InChI=1S/C19H24N6O2/c1-23-9-11-24(12-10-23)18(15-5-7-16(26-2)8-6-15)19-20-21-22-25(19)14-17-4-3-13-27-17/h3-8,13,18H,9-12,14H2,1-2H3/t18-/m1/s1. The first-order chi connectivity index (χ1) is 13.2. The summed E-state index contributed by atoms with van der Waals surface area (Å²) in [5.74, 6) is 2.49. The van der Waals surface area contributed by atoms with Crippen molar-refractivity contribution in [3.8, 4) is 5.75 Å². The molecule has 0 aliphatic carbocycles. The van der Waals surface area contributed by atoms with Crippen LogP contribution in [0.25, 0.3) is 0 Å². The van der Waals surface area contributed by atoms with Crippen molar-refractivity contribution in [3.63, 3.8) is 0 Å². The van der Waals surface area contributed by atoms with E-state index in [1.165, 1.54) is 0 Å². The van der Waals surface area contributed by atoms with Gasteiger partial charge in [0.2, 0.25) is 0 Å². The Morgan fingerprint density at radius 3 is 2.56 bits per heavy atom. The summed E-state index contributed by atoms with van der Waals surface area (Å²) in [6, 6.07) is 11.9. The van der Waals surface area contributed by atoms with Gasteiger partial charge in [0.25, 0.3) is 0 Å². The summed E-state index contributed by atoms with van der Waals surface area (Å²) in [4.78, 5) is 4.78. The highest BCUT2D eigenvalue weighted by Crippen LogP contribution is 2.29. The smallest absolute Gasteiger partial charge is 0.173 e. The van der Waals surface area contributed by atoms with Gasteiger partial charge in [-0.2, -0.15) is 0 Å². The molecule has 0 N–H and O–H groups in total. The molecule has 1 atom stereocenters. The van der Waals surface area contributed by atoms with Gasteiger partial charge in [-0.1, -0.05) is 12.1 Å². The SMILES string of the molecule is COc1ccc([C@H](c2nnnn2Cc2ccco2)N2CCN(C)CC2)cc1. The van der Waals surface area contributed by atoms with Crippen LogP contribution in [0.4, 0.5) is 0 Å². The van der Waals surface area contributed by atoms with Crippen LogP contribution in [0.15, 0.2) is 47.1 Å². The number of methoxy groups -OCH3 is 1. The Kier molecular flexibility index (Phi) is 5.17. The van der Waals surface area contributed by atoms with Crippen molar-refractivity contribution in [1.82, 2.24) is 30.0 Å². The lowest BCUT2D eigenvalue weighted by atomic mass is 10.0. The van der Waals surface area contributed by atoms with Gasteiger partial charge < -0.3 is 14.1 Å². The van der Waals surface area contributed by atoms with Crippen molar-refractivity contribution in [1.29, 1.82) is 0 Å². The van der Waals surface area contributed by atoms with E-state index in [2.05, 4.69) is 44.5 Å². The molecule has 4 rings (SSSR count). The molecule has 8 nitrogen and oxygen atoms in total. The highest BCUT2D eigenvalue weighted by molar-refractivity contribution is 5.32. The molecule has 0 amide bonds. The average Bonchev–Trinajstić information content (AvgIpc) is 3.37. The van der Waals surface area contributed by atoms with E-state index >= 15 is 0 Å². The normalized spacial score (nSPS) is 17.1. The molecule has 0 radical (unpaired) electrons. The molecule has 27 heavy (non-hydrogen) atoms. The maximum atomic E-state index is 5.48. The Hall–Kier alpha value is -2.71. The maximum absolute atomic E-state index is 5.48. The van der Waals surface area contributed by atoms with Crippen molar-refractivity contribution in [2.45, 2.75) is 12.6 Å². The van der Waals surface area contributed by atoms with Crippen molar-refractivity contribution >= 4 is 0 Å². The molecule has 1 aromatic carbocycles. The predicted molar refractivity (Wildman–Crippen MR) is 99.5 cm³/mol. The minimum absolute atomic E-state index is 0.0189. The summed E-state index contributed by atoms with van der Waals surface area (Å²) in [5, 5.41) is 12.6. The third kappa shape index (κ3) is 3.86. The Balaban J connectivity index is 1.68. The van der Waals surface area contributed by atoms with Gasteiger partial charge in [-0.15, -0.1) is 5.10 Å². The Morgan fingerprint density at radius 2 is 1.89 bits per heavy atom. The lowest BCUT2D eigenvalue weighted by Gasteiger charge is -2.37. The van der Waals surface area contributed by atoms with Crippen LogP contribution in [0.3, 0.4) is 0 Å². The summed E-state index contributed by atoms with van der Waals surface area (Å²) >= 11 is 0. The van der Waals surface area contributed by atoms with Crippen LogP contribution in [-0.2, 0) is 6.54 Å². The van der Waals surface area contributed by atoms with Crippen LogP contribution in [0, 0.1) is 0 Å². The van der Waals surface area contributed by atoms with Gasteiger partial charge >= 0.3 is 0 Å². The van der Waals surface area contributed by atoms with Crippen LogP contribution in [0.1, 0.15) is 23.2 Å². The molecule has 1 aliphatic rings. The fourth-order valence-corrected chi connectivity index (χ4v) is 3.46. The van der Waals surface area contributed by atoms with Crippen LogP contribution in [0.5, 0.6) is 5.75 Å². The molecule has 0 unspecified atom stereocenters. The van der Waals surface area contributed by atoms with Crippen molar-refractivity contribution in [2.24, 2.45) is 0 Å². The van der Waals surface area contributed by atoms with Crippen molar-refractivity contribution in [3.05, 3.63) is 59.8 Å². The molecule has 0 bridgehead atoms. The minimum atomic E-state index is -0.0189. The van der Waals surface area contributed by atoms with Crippen molar-refractivity contribution < 1.29 is 9.15 Å². The number of aromatic nitrogens is 4. The van der Waals surface area contributed by atoms with E-state index in [0.29, 0.717) is 6.54 Å². The molecular weight excluding hydrogens is 344 g/mol. The number of tetrazole rings is 1. The highest BCUT2D eigenvalue weighted by Gasteiger charge is 2.30. The van der Waals surface area contributed by atoms with Gasteiger partial charge in [-0.05, 0) is 47.3 Å². The molecule has 1 fully saturated rings. The van der Waals surface area contributed by atoms with E-state index in [4.69, 9.17) is 9.15 Å². The summed E-state index contributed by atoms with van der Waals surface area (Å²) in [6.45, 7) is 4.47. The second kappa shape index (κ2) is 7.89. The first-order valence-corrected chi connectivity index (χ1v) is 9.09. The summed E-state index contributed by atoms with van der Waals surface area (Å²) in [7, 11) is 3.83. The van der Waals surface area contributed by atoms with Crippen molar-refractivity contribution in [2.75, 3.05) is 40.3 Å². The number of furan rings is 1. The summed E-state index contributed by atoms with van der Waals surface area (Å²) in [5.41, 5.74) is 1.15. The number of ether oxygens (including phenoxy) is 1. The number of benzene rings is 1. The monoisotopic (exact) mass is 368 g/mol. The fraction of sp³-hybridized carbons (Fsp3) is 0.421. The molecule has 1 saturated heterocycles. The lowest BCUT2D eigenvalue weighted by molar-refractivity contribution is 0.121. The number of hydrogen-bond acceptors (Lipinski definition) is 7. The third-order valence-electron chi connectivity index (χ3n) is 5.02. The van der Waals surface area contributed by atoms with Gasteiger partial charge in [0.05, 0.1) is 19.4 Å². The Morgan fingerprint density at radius 1 is 1.11 bits per heavy atom. The molecule has 0 spiro atoms. The number of likely N-dealkylation sites (N-methyl/N-ethyl adjacent to an activating group) is 1. The van der Waals surface area contributed by atoms with Gasteiger partial charge in [0.15, 0.2) is 5.82 Å². The zero-order valence-corrected chi connectivity index (χ0v) is 15.7. The van der Waals surface area contributed by atoms with E-state index in [1.807, 2.05) is 28.9 Å². The average molecular weight is 368 g/mol. The maximum Gasteiger partial charge on any atom is 0.173 e. The zero-order valence-electron chi connectivity index (χ0n) is 15.7. The zero-order chi connectivity index (χ0) is 18.6. The second-order valence-electron chi connectivity index (χ2n) is 6.79. The second-order valence-corrected chi connectivity index (χ2v) is 6.79. The number of rotatable bonds is 6. The molecule has 3 heterocycles. The molecule has 0 saturated carbocycles. The molecule has 142 valence electrons. The lowest BCUT2D eigenvalue weighted by Crippen LogP contribution is -2.46. The molecule has 3 aromatic rings. The van der Waals surface area contributed by atoms with E-state index in [1.54, 1.807) is 13.4 Å². The topological polar surface area (TPSA) is 72.4 Å². The third-order valence-corrected chi connectivity index (χ3v) is 5.02. The van der Waals surface area contributed by atoms with Crippen LogP contribution in [0.2, 0.25) is 0 Å². The molecular formula is C19H24N6O2. The van der Waals surface area contributed by atoms with Gasteiger partial charge in [0.1, 0.15) is 18.1 Å². The van der Waals surface area contributed by atoms with Crippen LogP contribution >= 0.6 is 0 Å². The number of hydrogen-bond donors (Lipinski definition) is 0. The summed E-state index contributed by atoms with van der Waals surface area (Å²) < 4.78 is 12.6. The van der Waals surface area contributed by atoms with E-state index in [0.717, 1.165) is 49.1 Å². The molecule has 1 aliphatic heterocycles. The quantitative estimate of drug-likeness (QED) is 0.655. The molecule has 8 heteroatoms. The number of piperazine rings is 1. The number of nitrogens with zero attached hydrogens (tertiary/aromatic N) is 6. The Bertz CT molecular complexity index is 837. The fourth-order valence-electron chi connectivity index (χ4n) is 3.46. The minimum Gasteiger partial charge on any atom is -0.497 e. The molecule has 2 aromatic heterocycles. The largest absolute Gasteiger partial charge is 0.497 e. The first-order valence-electron chi connectivity index (χ1n) is 9.09. The van der Waals surface area contributed by atoms with Crippen LogP contribution < -0.4 is 4.74 Å². The van der Waals surface area contributed by atoms with E-state index in [9.17, 15) is 0 Å². The van der Waals surface area contributed by atoms with E-state index in [-0.39, 0.29) is 6.04 Å². The summed E-state index contributed by atoms with van der Waals surface area (Å²) in [6.07, 6.45) is 1.67. The first kappa shape index (κ1) is 17.7. The van der Waals surface area contributed by atoms with Gasteiger partial charge in [0, 0.05) is 26.2 Å². The van der Waals surface area contributed by atoms with Gasteiger partial charge in [-0.25, -0.2) is 4.68 Å². The van der Waals surface area contributed by atoms with Gasteiger partial charge in [-0.3, -0.25) is 4.90 Å². The van der Waals surface area contributed by atoms with Crippen LogP contribution in [-0.4, -0.2) is 70.3 Å². The Labute approximate surface area is 158 Å². The highest BCUT2D eigenvalue weighted by atomic mass is 16.5. The van der Waals surface area contributed by atoms with E-state index < -0.39 is 0 Å². The predicted octanol–water partition coefficient (Wildman–Crippen LogP) is 1.66.